The van der Waals surface area contributed by atoms with Crippen molar-refractivity contribution in [1.82, 2.24) is 9.88 Å². The van der Waals surface area contributed by atoms with Crippen molar-refractivity contribution in [3.63, 3.8) is 0 Å². The summed E-state index contributed by atoms with van der Waals surface area (Å²) in [5, 5.41) is 0. The van der Waals surface area contributed by atoms with Gasteiger partial charge in [-0.05, 0) is 31.3 Å². The first-order chi connectivity index (χ1) is 12.7. The van der Waals surface area contributed by atoms with E-state index >= 15 is 0 Å². The van der Waals surface area contributed by atoms with Gasteiger partial charge in [-0.3, -0.25) is 0 Å². The van der Waals surface area contributed by atoms with Crippen LogP contribution in [-0.4, -0.2) is 50.2 Å². The SMILES string of the molecule is CC.CC.COc1ccc(N2CCN(C)CC2)nc1-c1ccc(Br)cc1. The van der Waals surface area contributed by atoms with Crippen LogP contribution in [0.3, 0.4) is 0 Å². The summed E-state index contributed by atoms with van der Waals surface area (Å²) < 4.78 is 6.55. The summed E-state index contributed by atoms with van der Waals surface area (Å²) in [6.45, 7) is 12.2. The molecule has 1 fully saturated rings. The lowest BCUT2D eigenvalue weighted by Crippen LogP contribution is -2.44. The van der Waals surface area contributed by atoms with Crippen LogP contribution in [0.2, 0.25) is 0 Å². The molecule has 5 heteroatoms. The van der Waals surface area contributed by atoms with E-state index in [0.717, 1.165) is 53.5 Å². The van der Waals surface area contributed by atoms with Gasteiger partial charge >= 0.3 is 0 Å². The van der Waals surface area contributed by atoms with Gasteiger partial charge in [0, 0.05) is 36.2 Å². The maximum Gasteiger partial charge on any atom is 0.145 e. The van der Waals surface area contributed by atoms with Crippen molar-refractivity contribution in [1.29, 1.82) is 0 Å². The quantitative estimate of drug-likeness (QED) is 0.669. The van der Waals surface area contributed by atoms with Gasteiger partial charge in [0.2, 0.25) is 0 Å². The topological polar surface area (TPSA) is 28.6 Å². The molecule has 1 aliphatic heterocycles. The van der Waals surface area contributed by atoms with E-state index in [1.807, 2.05) is 52.0 Å². The first-order valence-corrected chi connectivity index (χ1v) is 10.2. The Morgan fingerprint density at radius 3 is 2.00 bits per heavy atom. The van der Waals surface area contributed by atoms with Crippen LogP contribution in [0.5, 0.6) is 5.75 Å². The Bertz CT molecular complexity index is 638. The minimum Gasteiger partial charge on any atom is -0.494 e. The van der Waals surface area contributed by atoms with E-state index in [2.05, 4.69) is 44.9 Å². The second kappa shape index (κ2) is 11.9. The standard InChI is InChI=1S/C17H20BrN3O.2C2H6/c1-20-9-11-21(12-10-20)16-8-7-15(22-2)17(19-16)13-3-5-14(18)6-4-13;2*1-2/h3-8H,9-12H2,1-2H3;2*1-2H3. The number of hydrogen-bond acceptors (Lipinski definition) is 4. The van der Waals surface area contributed by atoms with Gasteiger partial charge in [-0.25, -0.2) is 4.98 Å². The van der Waals surface area contributed by atoms with Gasteiger partial charge in [0.05, 0.1) is 7.11 Å². The molecule has 0 amide bonds. The number of hydrogen-bond donors (Lipinski definition) is 0. The van der Waals surface area contributed by atoms with Crippen LogP contribution < -0.4 is 9.64 Å². The number of pyridine rings is 1. The normalized spacial score (nSPS) is 13.9. The average molecular weight is 422 g/mol. The number of rotatable bonds is 3. The lowest BCUT2D eigenvalue weighted by atomic mass is 10.1. The van der Waals surface area contributed by atoms with Crippen LogP contribution in [0.25, 0.3) is 11.3 Å². The minimum atomic E-state index is 0.806. The zero-order valence-corrected chi connectivity index (χ0v) is 18.5. The lowest BCUT2D eigenvalue weighted by Gasteiger charge is -2.33. The minimum absolute atomic E-state index is 0.806. The fourth-order valence-corrected chi connectivity index (χ4v) is 2.89. The molecule has 26 heavy (non-hydrogen) atoms. The summed E-state index contributed by atoms with van der Waals surface area (Å²) in [6, 6.07) is 12.2. The Morgan fingerprint density at radius 1 is 0.885 bits per heavy atom. The maximum absolute atomic E-state index is 5.49. The van der Waals surface area contributed by atoms with Crippen LogP contribution in [0.4, 0.5) is 5.82 Å². The van der Waals surface area contributed by atoms with Gasteiger partial charge < -0.3 is 14.5 Å². The van der Waals surface area contributed by atoms with Gasteiger partial charge in [0.1, 0.15) is 17.3 Å². The largest absolute Gasteiger partial charge is 0.494 e. The third-order valence-corrected chi connectivity index (χ3v) is 4.54. The molecule has 0 aliphatic carbocycles. The summed E-state index contributed by atoms with van der Waals surface area (Å²) >= 11 is 3.47. The van der Waals surface area contributed by atoms with E-state index in [4.69, 9.17) is 9.72 Å². The predicted molar refractivity (Wildman–Crippen MR) is 116 cm³/mol. The number of aromatic nitrogens is 1. The van der Waals surface area contributed by atoms with E-state index in [-0.39, 0.29) is 0 Å². The monoisotopic (exact) mass is 421 g/mol. The van der Waals surface area contributed by atoms with Crippen LogP contribution in [0, 0.1) is 0 Å². The zero-order valence-electron chi connectivity index (χ0n) is 16.9. The van der Waals surface area contributed by atoms with Crippen molar-refractivity contribution in [2.75, 3.05) is 45.2 Å². The number of methoxy groups -OCH3 is 1. The third-order valence-electron chi connectivity index (χ3n) is 4.01. The van der Waals surface area contributed by atoms with Crippen molar-refractivity contribution in [2.24, 2.45) is 0 Å². The number of halogens is 1. The number of nitrogens with zero attached hydrogens (tertiary/aromatic N) is 3. The lowest BCUT2D eigenvalue weighted by molar-refractivity contribution is 0.312. The van der Waals surface area contributed by atoms with Crippen molar-refractivity contribution in [3.05, 3.63) is 40.9 Å². The number of likely N-dealkylation sites (N-methyl/N-ethyl adjacent to an activating group) is 1. The maximum atomic E-state index is 5.49. The van der Waals surface area contributed by atoms with E-state index in [9.17, 15) is 0 Å². The molecule has 2 aromatic rings. The molecule has 0 spiro atoms. The number of anilines is 1. The fourth-order valence-electron chi connectivity index (χ4n) is 2.63. The summed E-state index contributed by atoms with van der Waals surface area (Å²) in [6.07, 6.45) is 0. The molecule has 1 aromatic carbocycles. The van der Waals surface area contributed by atoms with Crippen molar-refractivity contribution in [2.45, 2.75) is 27.7 Å². The van der Waals surface area contributed by atoms with Crippen LogP contribution in [0.1, 0.15) is 27.7 Å². The van der Waals surface area contributed by atoms with Crippen molar-refractivity contribution < 1.29 is 4.74 Å². The molecule has 1 aliphatic rings. The second-order valence-corrected chi connectivity index (χ2v) is 6.43. The molecule has 3 rings (SSSR count). The molecule has 2 heterocycles. The summed E-state index contributed by atoms with van der Waals surface area (Å²) in [7, 11) is 3.85. The average Bonchev–Trinajstić information content (AvgIpc) is 2.72. The van der Waals surface area contributed by atoms with Gasteiger partial charge in [0.15, 0.2) is 0 Å². The van der Waals surface area contributed by atoms with Crippen LogP contribution in [-0.2, 0) is 0 Å². The Labute approximate surface area is 167 Å². The van der Waals surface area contributed by atoms with E-state index in [1.165, 1.54) is 0 Å². The summed E-state index contributed by atoms with van der Waals surface area (Å²) in [4.78, 5) is 9.54. The Hall–Kier alpha value is -1.59. The van der Waals surface area contributed by atoms with Gasteiger partial charge in [-0.2, -0.15) is 0 Å². The van der Waals surface area contributed by atoms with Crippen molar-refractivity contribution >= 4 is 21.7 Å². The molecular formula is C21H32BrN3O. The molecule has 1 saturated heterocycles. The first-order valence-electron chi connectivity index (χ1n) is 9.42. The van der Waals surface area contributed by atoms with Gasteiger partial charge in [0.25, 0.3) is 0 Å². The van der Waals surface area contributed by atoms with Crippen molar-refractivity contribution in [3.8, 4) is 17.0 Å². The third kappa shape index (κ3) is 5.99. The van der Waals surface area contributed by atoms with Crippen LogP contribution >= 0.6 is 15.9 Å². The molecule has 0 N–H and O–H groups in total. The van der Waals surface area contributed by atoms with E-state index in [1.54, 1.807) is 7.11 Å². The predicted octanol–water partition coefficient (Wildman–Crippen LogP) is 5.32. The molecular weight excluding hydrogens is 390 g/mol. The molecule has 0 radical (unpaired) electrons. The molecule has 144 valence electrons. The number of ether oxygens (including phenoxy) is 1. The van der Waals surface area contributed by atoms with Crippen LogP contribution in [0.15, 0.2) is 40.9 Å². The molecule has 0 atom stereocenters. The fraction of sp³-hybridized carbons (Fsp3) is 0.476. The molecule has 0 bridgehead atoms. The number of piperazine rings is 1. The van der Waals surface area contributed by atoms with Gasteiger partial charge in [-0.15, -0.1) is 0 Å². The number of benzene rings is 1. The van der Waals surface area contributed by atoms with E-state index < -0.39 is 0 Å². The van der Waals surface area contributed by atoms with Gasteiger partial charge in [-0.1, -0.05) is 55.8 Å². The summed E-state index contributed by atoms with van der Waals surface area (Å²) in [5.74, 6) is 1.83. The molecule has 0 saturated carbocycles. The smallest absolute Gasteiger partial charge is 0.145 e. The molecule has 4 nitrogen and oxygen atoms in total. The highest BCUT2D eigenvalue weighted by Gasteiger charge is 2.17. The second-order valence-electron chi connectivity index (χ2n) is 5.52. The highest BCUT2D eigenvalue weighted by Crippen LogP contribution is 2.31. The Kier molecular flexibility index (Phi) is 10.3. The highest BCUT2D eigenvalue weighted by molar-refractivity contribution is 9.10. The Morgan fingerprint density at radius 2 is 1.46 bits per heavy atom. The molecule has 0 unspecified atom stereocenters. The molecule has 1 aromatic heterocycles. The zero-order chi connectivity index (χ0) is 19.5. The Balaban J connectivity index is 0.000000791. The summed E-state index contributed by atoms with van der Waals surface area (Å²) in [5.41, 5.74) is 1.96. The first kappa shape index (κ1) is 22.5. The highest BCUT2D eigenvalue weighted by atomic mass is 79.9. The van der Waals surface area contributed by atoms with E-state index in [0.29, 0.717) is 0 Å².